The molecule has 2 rings (SSSR count). The lowest BCUT2D eigenvalue weighted by Gasteiger charge is -2.36. The van der Waals surface area contributed by atoms with Gasteiger partial charge in [-0.1, -0.05) is 20.8 Å². The van der Waals surface area contributed by atoms with Gasteiger partial charge in [0, 0.05) is 6.07 Å². The van der Waals surface area contributed by atoms with E-state index in [1.165, 1.54) is 19.3 Å². The van der Waals surface area contributed by atoms with Crippen LogP contribution >= 0.6 is 0 Å². The van der Waals surface area contributed by atoms with E-state index in [1.807, 2.05) is 6.07 Å². The van der Waals surface area contributed by atoms with Gasteiger partial charge >= 0.3 is 0 Å². The van der Waals surface area contributed by atoms with Gasteiger partial charge in [-0.2, -0.15) is 5.10 Å². The summed E-state index contributed by atoms with van der Waals surface area (Å²) >= 11 is 0. The van der Waals surface area contributed by atoms with Gasteiger partial charge in [-0.3, -0.25) is 0 Å². The minimum Gasteiger partial charge on any atom is -0.480 e. The van der Waals surface area contributed by atoms with Crippen LogP contribution in [0.3, 0.4) is 0 Å². The molecule has 0 spiro atoms. The number of hydrogen-bond acceptors (Lipinski definition) is 4. The Labute approximate surface area is 128 Å². The van der Waals surface area contributed by atoms with E-state index < -0.39 is 0 Å². The van der Waals surface area contributed by atoms with Crippen molar-refractivity contribution in [1.29, 1.82) is 0 Å². The molecule has 4 nitrogen and oxygen atoms in total. The largest absolute Gasteiger partial charge is 0.480 e. The third-order valence-electron chi connectivity index (χ3n) is 4.49. The number of aromatic nitrogens is 2. The van der Waals surface area contributed by atoms with Gasteiger partial charge in [0.25, 0.3) is 0 Å². The molecule has 1 fully saturated rings. The molecule has 1 aromatic heterocycles. The zero-order valence-corrected chi connectivity index (χ0v) is 13.8. The van der Waals surface area contributed by atoms with Crippen LogP contribution in [0.5, 0.6) is 5.88 Å². The Morgan fingerprint density at radius 2 is 1.90 bits per heavy atom. The molecular weight excluding hydrogens is 262 g/mol. The Morgan fingerprint density at radius 3 is 2.43 bits per heavy atom. The summed E-state index contributed by atoms with van der Waals surface area (Å²) in [6.45, 7) is 7.98. The Hall–Kier alpha value is -1.16. The topological polar surface area (TPSA) is 47.0 Å². The minimum absolute atomic E-state index is 0.313. The Balaban J connectivity index is 2.15. The molecular formula is C17H29N3O. The van der Waals surface area contributed by atoms with E-state index in [0.29, 0.717) is 17.8 Å². The molecule has 0 radical (unpaired) electrons. The van der Waals surface area contributed by atoms with Crippen molar-refractivity contribution in [3.05, 3.63) is 17.8 Å². The number of methoxy groups -OCH3 is 1. The van der Waals surface area contributed by atoms with Crippen LogP contribution in [0.15, 0.2) is 12.1 Å². The van der Waals surface area contributed by atoms with E-state index in [-0.39, 0.29) is 0 Å². The van der Waals surface area contributed by atoms with Crippen LogP contribution in [0.1, 0.15) is 58.2 Å². The second kappa shape index (κ2) is 7.74. The van der Waals surface area contributed by atoms with Gasteiger partial charge in [-0.25, -0.2) is 0 Å². The fourth-order valence-corrected chi connectivity index (χ4v) is 3.70. The molecule has 1 aromatic rings. The van der Waals surface area contributed by atoms with Crippen molar-refractivity contribution in [3.8, 4) is 5.88 Å². The van der Waals surface area contributed by atoms with E-state index in [9.17, 15) is 0 Å². The van der Waals surface area contributed by atoms with E-state index in [0.717, 1.165) is 30.5 Å². The monoisotopic (exact) mass is 291 g/mol. The predicted molar refractivity (Wildman–Crippen MR) is 85.3 cm³/mol. The maximum atomic E-state index is 5.12. The number of ether oxygens (including phenoxy) is 1. The van der Waals surface area contributed by atoms with Gasteiger partial charge in [0.1, 0.15) is 0 Å². The van der Waals surface area contributed by atoms with E-state index >= 15 is 0 Å². The molecule has 0 saturated heterocycles. The van der Waals surface area contributed by atoms with Crippen LogP contribution < -0.4 is 10.1 Å². The molecule has 1 heterocycles. The van der Waals surface area contributed by atoms with E-state index in [1.54, 1.807) is 7.11 Å². The van der Waals surface area contributed by atoms with Gasteiger partial charge in [-0.05, 0) is 56.0 Å². The highest BCUT2D eigenvalue weighted by Gasteiger charge is 2.31. The molecule has 1 aliphatic carbocycles. The highest BCUT2D eigenvalue weighted by molar-refractivity contribution is 5.15. The van der Waals surface area contributed by atoms with Crippen LogP contribution in [0.4, 0.5) is 0 Å². The Morgan fingerprint density at radius 1 is 1.19 bits per heavy atom. The summed E-state index contributed by atoms with van der Waals surface area (Å²) in [5.41, 5.74) is 1.05. The molecule has 3 unspecified atom stereocenters. The minimum atomic E-state index is 0.313. The maximum absolute atomic E-state index is 5.12. The van der Waals surface area contributed by atoms with Gasteiger partial charge in [0.05, 0.1) is 18.8 Å². The standard InChI is InChI=1S/C17H29N3O/c1-5-8-18-17(14-10-12(2)9-13(3)11-14)15-6-7-16(21-4)20-19-15/h6-7,12-14,17-18H,5,8-11H2,1-4H3. The molecule has 1 aliphatic rings. The quantitative estimate of drug-likeness (QED) is 0.870. The first-order chi connectivity index (χ1) is 10.1. The maximum Gasteiger partial charge on any atom is 0.233 e. The molecule has 0 amide bonds. The molecule has 21 heavy (non-hydrogen) atoms. The van der Waals surface area contributed by atoms with Crippen molar-refractivity contribution >= 4 is 0 Å². The molecule has 0 aromatic carbocycles. The normalized spacial score (nSPS) is 27.3. The van der Waals surface area contributed by atoms with Crippen molar-refractivity contribution in [2.45, 2.75) is 52.5 Å². The summed E-state index contributed by atoms with van der Waals surface area (Å²) in [6, 6.07) is 4.29. The average Bonchev–Trinajstić information content (AvgIpc) is 2.47. The summed E-state index contributed by atoms with van der Waals surface area (Å²) in [4.78, 5) is 0. The summed E-state index contributed by atoms with van der Waals surface area (Å²) in [5.74, 6) is 2.84. The van der Waals surface area contributed by atoms with Crippen LogP contribution in [0.25, 0.3) is 0 Å². The second-order valence-electron chi connectivity index (χ2n) is 6.61. The van der Waals surface area contributed by atoms with Gasteiger partial charge in [-0.15, -0.1) is 5.10 Å². The van der Waals surface area contributed by atoms with Gasteiger partial charge in [0.2, 0.25) is 5.88 Å². The lowest BCUT2D eigenvalue weighted by Crippen LogP contribution is -2.34. The third-order valence-corrected chi connectivity index (χ3v) is 4.49. The molecule has 118 valence electrons. The zero-order valence-electron chi connectivity index (χ0n) is 13.8. The van der Waals surface area contributed by atoms with Crippen molar-refractivity contribution in [2.24, 2.45) is 17.8 Å². The van der Waals surface area contributed by atoms with Crippen molar-refractivity contribution < 1.29 is 4.74 Å². The zero-order chi connectivity index (χ0) is 15.2. The van der Waals surface area contributed by atoms with Crippen LogP contribution in [-0.4, -0.2) is 23.9 Å². The van der Waals surface area contributed by atoms with Gasteiger partial charge in [0.15, 0.2) is 0 Å². The lowest BCUT2D eigenvalue weighted by atomic mass is 9.73. The molecule has 1 saturated carbocycles. The Kier molecular flexibility index (Phi) is 5.97. The SMILES string of the molecule is CCCNC(c1ccc(OC)nn1)C1CC(C)CC(C)C1. The average molecular weight is 291 g/mol. The molecule has 4 heteroatoms. The van der Waals surface area contributed by atoms with Crippen LogP contribution in [0, 0.1) is 17.8 Å². The van der Waals surface area contributed by atoms with Crippen LogP contribution in [-0.2, 0) is 0 Å². The lowest BCUT2D eigenvalue weighted by molar-refractivity contribution is 0.174. The number of hydrogen-bond donors (Lipinski definition) is 1. The molecule has 0 bridgehead atoms. The highest BCUT2D eigenvalue weighted by atomic mass is 16.5. The summed E-state index contributed by atoms with van der Waals surface area (Å²) in [7, 11) is 1.63. The fourth-order valence-electron chi connectivity index (χ4n) is 3.70. The third kappa shape index (κ3) is 4.40. The molecule has 0 aliphatic heterocycles. The fraction of sp³-hybridized carbons (Fsp3) is 0.765. The first-order valence-corrected chi connectivity index (χ1v) is 8.25. The first-order valence-electron chi connectivity index (χ1n) is 8.25. The second-order valence-corrected chi connectivity index (χ2v) is 6.61. The molecule has 3 atom stereocenters. The van der Waals surface area contributed by atoms with Crippen molar-refractivity contribution in [1.82, 2.24) is 15.5 Å². The van der Waals surface area contributed by atoms with Crippen molar-refractivity contribution in [3.63, 3.8) is 0 Å². The first kappa shape index (κ1) is 16.2. The van der Waals surface area contributed by atoms with E-state index in [4.69, 9.17) is 4.74 Å². The highest BCUT2D eigenvalue weighted by Crippen LogP contribution is 2.39. The van der Waals surface area contributed by atoms with E-state index in [2.05, 4.69) is 42.4 Å². The summed E-state index contributed by atoms with van der Waals surface area (Å²) in [5, 5.41) is 12.2. The summed E-state index contributed by atoms with van der Waals surface area (Å²) < 4.78 is 5.12. The number of nitrogens with one attached hydrogen (secondary N) is 1. The smallest absolute Gasteiger partial charge is 0.233 e. The molecule has 1 N–H and O–H groups in total. The van der Waals surface area contributed by atoms with Gasteiger partial charge < -0.3 is 10.1 Å². The predicted octanol–water partition coefficient (Wildman–Crippen LogP) is 3.60. The number of rotatable bonds is 6. The van der Waals surface area contributed by atoms with Crippen LogP contribution in [0.2, 0.25) is 0 Å². The number of nitrogens with zero attached hydrogens (tertiary/aromatic N) is 2. The summed E-state index contributed by atoms with van der Waals surface area (Å²) in [6.07, 6.45) is 5.04. The Bertz CT molecular complexity index is 411. The van der Waals surface area contributed by atoms with Crippen molar-refractivity contribution in [2.75, 3.05) is 13.7 Å².